The summed E-state index contributed by atoms with van der Waals surface area (Å²) in [5, 5.41) is 6.02. The van der Waals surface area contributed by atoms with Gasteiger partial charge in [0.2, 0.25) is 0 Å². The minimum Gasteiger partial charge on any atom is -0.748 e. The van der Waals surface area contributed by atoms with Gasteiger partial charge in [-0.25, -0.2) is 36.9 Å². The van der Waals surface area contributed by atoms with E-state index in [0.29, 0.717) is 91.4 Å². The first-order valence-electron chi connectivity index (χ1n) is 20.4. The van der Waals surface area contributed by atoms with Crippen LogP contribution in [-0.4, -0.2) is 121 Å². The molecule has 16 nitrogen and oxygen atoms in total. The third kappa shape index (κ3) is 13.7. The fourth-order valence-corrected chi connectivity index (χ4v) is 13.3. The third-order valence-corrected chi connectivity index (χ3v) is 16.5. The molecule has 1 aromatic carbocycles. The van der Waals surface area contributed by atoms with Gasteiger partial charge in [0.1, 0.15) is 22.6 Å². The molecule has 4 heterocycles. The fraction of sp³-hybridized carbons (Fsp3) is 0.632. The van der Waals surface area contributed by atoms with E-state index in [-0.39, 0.29) is 109 Å². The molecule has 24 heteroatoms. The van der Waals surface area contributed by atoms with Gasteiger partial charge in [-0.05, 0) is 51.4 Å². The van der Waals surface area contributed by atoms with E-state index in [2.05, 4.69) is 0 Å². The van der Waals surface area contributed by atoms with E-state index in [1.54, 1.807) is 0 Å². The summed E-state index contributed by atoms with van der Waals surface area (Å²) in [5.74, 6) is -2.18. The van der Waals surface area contributed by atoms with Crippen LogP contribution < -0.4 is 68.6 Å². The molecule has 334 valence electrons. The molecule has 0 saturated carbocycles. The number of rotatable bonds is 24. The largest absolute Gasteiger partial charge is 1.00 e. The van der Waals surface area contributed by atoms with E-state index in [1.165, 1.54) is 20.0 Å². The van der Waals surface area contributed by atoms with E-state index in [4.69, 9.17) is 9.47 Å². The van der Waals surface area contributed by atoms with Crippen molar-refractivity contribution in [3.8, 4) is 11.5 Å². The first kappa shape index (κ1) is 55.7. The first-order chi connectivity index (χ1) is 28.6. The Morgan fingerprint density at radius 3 is 0.935 bits per heavy atom. The predicted octanol–water partition coefficient (Wildman–Crippen LogP) is 0.294. The van der Waals surface area contributed by atoms with Crippen molar-refractivity contribution in [3.05, 3.63) is 19.6 Å². The SMILES string of the molecule is CCCCN1C(=O)C(=C2Sc3c(OCCCCS(=O)(=O)[O-])c4c(c(OCCCCS(=O)(=O)[O-])c3S2)SC(=C2C(=O)N(CCCC)N(CCCC)C2=O)S4)C(=O)N1CCCC.[Na+].[Na+]. The molecule has 62 heavy (non-hydrogen) atoms. The molecule has 2 saturated heterocycles. The summed E-state index contributed by atoms with van der Waals surface area (Å²) >= 11 is 4.62. The van der Waals surface area contributed by atoms with Crippen molar-refractivity contribution in [2.24, 2.45) is 0 Å². The number of hydrogen-bond acceptors (Lipinski definition) is 16. The summed E-state index contributed by atoms with van der Waals surface area (Å²) in [4.78, 5) is 58.3. The van der Waals surface area contributed by atoms with Crippen molar-refractivity contribution in [1.29, 1.82) is 0 Å². The predicted molar refractivity (Wildman–Crippen MR) is 229 cm³/mol. The second-order valence-electron chi connectivity index (χ2n) is 14.5. The molecular formula is C38H52N4Na2O12S6. The van der Waals surface area contributed by atoms with Gasteiger partial charge in [-0.3, -0.25) is 19.2 Å². The van der Waals surface area contributed by atoms with E-state index >= 15 is 0 Å². The van der Waals surface area contributed by atoms with Gasteiger partial charge in [0.25, 0.3) is 23.6 Å². The maximum Gasteiger partial charge on any atom is 1.00 e. The van der Waals surface area contributed by atoms with Crippen LogP contribution in [0.25, 0.3) is 0 Å². The summed E-state index contributed by atoms with van der Waals surface area (Å²) in [6.45, 7) is 9.46. The summed E-state index contributed by atoms with van der Waals surface area (Å²) in [6.07, 6.45) is 6.51. The number of ether oxygens (including phenoxy) is 2. The minimum absolute atomic E-state index is 0. The second kappa shape index (κ2) is 25.5. The molecular weight excluding hydrogens is 943 g/mol. The van der Waals surface area contributed by atoms with E-state index in [1.807, 2.05) is 27.7 Å². The van der Waals surface area contributed by atoms with Crippen LogP contribution in [0.5, 0.6) is 11.5 Å². The van der Waals surface area contributed by atoms with Crippen LogP contribution in [0, 0.1) is 0 Å². The molecule has 1 aromatic rings. The van der Waals surface area contributed by atoms with Crippen molar-refractivity contribution in [3.63, 3.8) is 0 Å². The van der Waals surface area contributed by atoms with Crippen LogP contribution in [0.3, 0.4) is 0 Å². The Hall–Kier alpha value is -0.600. The van der Waals surface area contributed by atoms with Crippen LogP contribution in [0.1, 0.15) is 105 Å². The van der Waals surface area contributed by atoms with Crippen molar-refractivity contribution < 1.29 is 114 Å². The number of hydrogen-bond donors (Lipinski definition) is 0. The maximum atomic E-state index is 14.1. The van der Waals surface area contributed by atoms with Gasteiger partial charge in [-0.15, -0.1) is 0 Å². The van der Waals surface area contributed by atoms with Crippen LogP contribution in [0.4, 0.5) is 0 Å². The molecule has 0 unspecified atom stereocenters. The Morgan fingerprint density at radius 2 is 0.710 bits per heavy atom. The zero-order valence-corrected chi connectivity index (χ0v) is 45.2. The number of amides is 4. The molecule has 0 atom stereocenters. The van der Waals surface area contributed by atoms with Gasteiger partial charge in [-0.1, -0.05) is 100 Å². The van der Waals surface area contributed by atoms with Gasteiger partial charge in [0.05, 0.1) is 61.5 Å². The zero-order valence-electron chi connectivity index (χ0n) is 36.3. The summed E-state index contributed by atoms with van der Waals surface area (Å²) in [5.41, 5.74) is 0.0211. The van der Waals surface area contributed by atoms with Crippen molar-refractivity contribution in [1.82, 2.24) is 20.0 Å². The Balaban J connectivity index is 0.00000512. The first-order valence-corrected chi connectivity index (χ1v) is 26.8. The number of unbranched alkanes of at least 4 members (excludes halogenated alkanes) is 6. The molecule has 0 aliphatic carbocycles. The molecule has 0 aromatic heterocycles. The topological polar surface area (TPSA) is 214 Å². The smallest absolute Gasteiger partial charge is 0.748 e. The van der Waals surface area contributed by atoms with Gasteiger partial charge in [0.15, 0.2) is 0 Å². The Morgan fingerprint density at radius 1 is 0.452 bits per heavy atom. The van der Waals surface area contributed by atoms with E-state index in [0.717, 1.165) is 72.7 Å². The van der Waals surface area contributed by atoms with Gasteiger partial charge >= 0.3 is 59.1 Å². The number of hydrazine groups is 2. The zero-order chi connectivity index (χ0) is 43.8. The fourth-order valence-electron chi connectivity index (χ4n) is 6.59. The third-order valence-electron chi connectivity index (χ3n) is 9.76. The normalized spacial score (nSPS) is 16.5. The summed E-state index contributed by atoms with van der Waals surface area (Å²) < 4.78 is 81.7. The Bertz CT molecular complexity index is 1880. The van der Waals surface area contributed by atoms with Crippen LogP contribution in [-0.2, 0) is 39.4 Å². The number of benzene rings is 1. The summed E-state index contributed by atoms with van der Waals surface area (Å²) in [7, 11) is -8.91. The number of nitrogens with zero attached hydrogens (tertiary/aromatic N) is 4. The van der Waals surface area contributed by atoms with Crippen LogP contribution in [0.15, 0.2) is 39.2 Å². The number of fused-ring (bicyclic) bond motifs is 2. The molecule has 4 amide bonds. The molecule has 2 fully saturated rings. The van der Waals surface area contributed by atoms with Gasteiger partial charge in [-0.2, -0.15) is 0 Å². The number of carbonyl (C=O) groups excluding carboxylic acids is 4. The molecule has 4 aliphatic heterocycles. The quantitative estimate of drug-likeness (QED) is 0.0448. The van der Waals surface area contributed by atoms with Gasteiger partial charge < -0.3 is 18.6 Å². The maximum absolute atomic E-state index is 14.1. The monoisotopic (exact) mass is 994 g/mol. The Labute approximate surface area is 426 Å². The Kier molecular flexibility index (Phi) is 22.9. The second-order valence-corrected chi connectivity index (χ2v) is 22.1. The van der Waals surface area contributed by atoms with E-state index in [9.17, 15) is 45.1 Å². The summed E-state index contributed by atoms with van der Waals surface area (Å²) in [6, 6.07) is 0. The molecule has 4 aliphatic rings. The van der Waals surface area contributed by atoms with Gasteiger partial charge in [0, 0.05) is 37.7 Å². The van der Waals surface area contributed by atoms with Crippen molar-refractivity contribution in [2.45, 2.75) is 124 Å². The van der Waals surface area contributed by atoms with Crippen LogP contribution in [0.2, 0.25) is 0 Å². The van der Waals surface area contributed by atoms with Crippen molar-refractivity contribution >= 4 is 90.9 Å². The number of carbonyl (C=O) groups is 4. The average Bonchev–Trinajstić information content (AvgIpc) is 3.92. The minimum atomic E-state index is -4.46. The molecule has 0 N–H and O–H groups in total. The average molecular weight is 995 g/mol. The standard InChI is InChI=1S/C38H54N4O12S6.2Na/c1-5-9-17-39-33(43)25(34(44)40(39)18-10-6-2)37-55-29-27(53-21-13-15-23-59(47,48)49)31-32(28(30(29)56-37)54-22-14-16-24-60(50,51)52)58-38(57-31)26-35(45)41(19-11-7-3)42(36(26)46)20-12-8-4;;/h5-24H2,1-4H3,(H,47,48,49)(H,50,51,52);;/q;2*+1/p-2. The van der Waals surface area contributed by atoms with Crippen LogP contribution >= 0.6 is 47.0 Å². The number of thioether (sulfide) groups is 4. The van der Waals surface area contributed by atoms with Crippen molar-refractivity contribution in [2.75, 3.05) is 50.9 Å². The molecule has 0 bridgehead atoms. The molecule has 0 radical (unpaired) electrons. The molecule has 0 spiro atoms. The van der Waals surface area contributed by atoms with E-state index < -0.39 is 55.4 Å². The molecule has 5 rings (SSSR count).